The molecule has 1 fully saturated rings. The highest BCUT2D eigenvalue weighted by Crippen LogP contribution is 2.24. The highest BCUT2D eigenvalue weighted by molar-refractivity contribution is 9.10. The van der Waals surface area contributed by atoms with E-state index in [4.69, 9.17) is 4.74 Å². The summed E-state index contributed by atoms with van der Waals surface area (Å²) < 4.78 is 8.39. The van der Waals surface area contributed by atoms with Crippen molar-refractivity contribution in [1.82, 2.24) is 9.78 Å². The molecule has 6 heteroatoms. The molecule has 5 nitrogen and oxygen atoms in total. The van der Waals surface area contributed by atoms with Crippen LogP contribution in [0.2, 0.25) is 0 Å². The molecule has 1 N–H and O–H groups in total. The maximum absolute atomic E-state index is 12.5. The molecule has 0 radical (unpaired) electrons. The first kappa shape index (κ1) is 15.2. The number of amides is 1. The summed E-state index contributed by atoms with van der Waals surface area (Å²) in [7, 11) is 0. The van der Waals surface area contributed by atoms with Crippen LogP contribution in [-0.2, 0) is 4.74 Å². The molecule has 2 heterocycles. The third-order valence-electron chi connectivity index (χ3n) is 3.77. The summed E-state index contributed by atoms with van der Waals surface area (Å²) in [6.07, 6.45) is 4.55. The summed E-state index contributed by atoms with van der Waals surface area (Å²) in [6, 6.07) is 7.48. The Balaban J connectivity index is 1.79. The van der Waals surface area contributed by atoms with Crippen molar-refractivity contribution < 1.29 is 9.53 Å². The Morgan fingerprint density at radius 2 is 2.27 bits per heavy atom. The Morgan fingerprint density at radius 1 is 1.41 bits per heavy atom. The summed E-state index contributed by atoms with van der Waals surface area (Å²) in [5.74, 6) is -0.169. The lowest BCUT2D eigenvalue weighted by molar-refractivity contribution is -0.0404. The minimum absolute atomic E-state index is 0.143. The number of ether oxygens (including phenoxy) is 1. The number of nitrogens with zero attached hydrogens (tertiary/aromatic N) is 2. The number of carbonyl (C=O) groups excluding carboxylic acids is 1. The highest BCUT2D eigenvalue weighted by atomic mass is 79.9. The van der Waals surface area contributed by atoms with Gasteiger partial charge in [0.15, 0.2) is 6.23 Å². The van der Waals surface area contributed by atoms with E-state index in [1.54, 1.807) is 16.9 Å². The van der Waals surface area contributed by atoms with Gasteiger partial charge in [-0.25, -0.2) is 4.68 Å². The number of aryl methyl sites for hydroxylation is 1. The van der Waals surface area contributed by atoms with Crippen LogP contribution in [0.4, 0.5) is 5.69 Å². The molecule has 1 aliphatic rings. The van der Waals surface area contributed by atoms with Crippen LogP contribution >= 0.6 is 15.9 Å². The van der Waals surface area contributed by atoms with Crippen LogP contribution in [0.3, 0.4) is 0 Å². The third-order valence-corrected chi connectivity index (χ3v) is 4.26. The summed E-state index contributed by atoms with van der Waals surface area (Å²) in [5, 5.41) is 7.21. The average molecular weight is 364 g/mol. The number of nitrogens with one attached hydrogen (secondary N) is 1. The SMILES string of the molecule is Cc1cc(Br)ccc1NC(=O)c1ccnn1C1CCCCO1. The molecular weight excluding hydrogens is 346 g/mol. The molecule has 0 aliphatic carbocycles. The van der Waals surface area contributed by atoms with Crippen molar-refractivity contribution in [2.24, 2.45) is 0 Å². The number of benzene rings is 1. The van der Waals surface area contributed by atoms with Gasteiger partial charge in [-0.15, -0.1) is 0 Å². The molecule has 1 unspecified atom stereocenters. The van der Waals surface area contributed by atoms with E-state index in [1.807, 2.05) is 25.1 Å². The zero-order chi connectivity index (χ0) is 15.5. The second-order valence-corrected chi connectivity index (χ2v) is 6.31. The predicted octanol–water partition coefficient (Wildman–Crippen LogP) is 3.91. The van der Waals surface area contributed by atoms with Crippen LogP contribution in [0.15, 0.2) is 34.9 Å². The standard InChI is InChI=1S/C16H18BrN3O2/c1-11-10-12(17)5-6-13(11)19-16(21)14-7-8-18-20(14)15-4-2-3-9-22-15/h5-8,10,15H,2-4,9H2,1H3,(H,19,21). The Labute approximate surface area is 137 Å². The minimum Gasteiger partial charge on any atom is -0.356 e. The van der Waals surface area contributed by atoms with E-state index in [1.165, 1.54) is 0 Å². The maximum atomic E-state index is 12.5. The topological polar surface area (TPSA) is 56.2 Å². The second-order valence-electron chi connectivity index (χ2n) is 5.40. The van der Waals surface area contributed by atoms with Crippen molar-refractivity contribution in [3.05, 3.63) is 46.2 Å². The number of carbonyl (C=O) groups is 1. The van der Waals surface area contributed by atoms with Crippen LogP contribution in [0.5, 0.6) is 0 Å². The van der Waals surface area contributed by atoms with E-state index >= 15 is 0 Å². The van der Waals surface area contributed by atoms with E-state index in [0.29, 0.717) is 5.69 Å². The smallest absolute Gasteiger partial charge is 0.274 e. The van der Waals surface area contributed by atoms with Gasteiger partial charge in [-0.05, 0) is 56.0 Å². The number of hydrogen-bond acceptors (Lipinski definition) is 3. The van der Waals surface area contributed by atoms with Crippen molar-refractivity contribution in [2.45, 2.75) is 32.4 Å². The van der Waals surface area contributed by atoms with Gasteiger partial charge in [0, 0.05) is 23.0 Å². The lowest BCUT2D eigenvalue weighted by Crippen LogP contribution is -2.25. The summed E-state index contributed by atoms with van der Waals surface area (Å²) in [5.41, 5.74) is 2.32. The van der Waals surface area contributed by atoms with Gasteiger partial charge in [-0.1, -0.05) is 15.9 Å². The van der Waals surface area contributed by atoms with Gasteiger partial charge in [-0.3, -0.25) is 4.79 Å². The van der Waals surface area contributed by atoms with Crippen LogP contribution in [0.1, 0.15) is 41.5 Å². The molecule has 1 atom stereocenters. The van der Waals surface area contributed by atoms with E-state index in [2.05, 4.69) is 26.3 Å². The summed E-state index contributed by atoms with van der Waals surface area (Å²) in [4.78, 5) is 12.5. The molecule has 3 rings (SSSR count). The third kappa shape index (κ3) is 3.23. The molecule has 1 aliphatic heterocycles. The largest absolute Gasteiger partial charge is 0.356 e. The zero-order valence-electron chi connectivity index (χ0n) is 12.4. The Morgan fingerprint density at radius 3 is 3.00 bits per heavy atom. The molecular formula is C16H18BrN3O2. The molecule has 1 aromatic carbocycles. The molecule has 1 aromatic heterocycles. The first-order valence-corrected chi connectivity index (χ1v) is 8.17. The van der Waals surface area contributed by atoms with Gasteiger partial charge in [0.2, 0.25) is 0 Å². The van der Waals surface area contributed by atoms with Crippen molar-refractivity contribution in [3.8, 4) is 0 Å². The van der Waals surface area contributed by atoms with E-state index in [9.17, 15) is 4.79 Å². The fourth-order valence-electron chi connectivity index (χ4n) is 2.59. The first-order chi connectivity index (χ1) is 10.6. The van der Waals surface area contributed by atoms with E-state index in [-0.39, 0.29) is 12.1 Å². The molecule has 1 amide bonds. The molecule has 116 valence electrons. The molecule has 2 aromatic rings. The fraction of sp³-hybridized carbons (Fsp3) is 0.375. The maximum Gasteiger partial charge on any atom is 0.274 e. The van der Waals surface area contributed by atoms with Gasteiger partial charge >= 0.3 is 0 Å². The number of rotatable bonds is 3. The molecule has 0 spiro atoms. The van der Waals surface area contributed by atoms with Gasteiger partial charge < -0.3 is 10.1 Å². The van der Waals surface area contributed by atoms with Crippen LogP contribution in [0, 0.1) is 6.92 Å². The Hall–Kier alpha value is -1.66. The van der Waals surface area contributed by atoms with Crippen LogP contribution in [-0.4, -0.2) is 22.3 Å². The molecule has 0 saturated carbocycles. The highest BCUT2D eigenvalue weighted by Gasteiger charge is 2.22. The Bertz CT molecular complexity index is 678. The first-order valence-electron chi connectivity index (χ1n) is 7.38. The lowest BCUT2D eigenvalue weighted by Gasteiger charge is -2.24. The second kappa shape index (κ2) is 6.62. The van der Waals surface area contributed by atoms with Gasteiger partial charge in [0.05, 0.1) is 0 Å². The molecule has 1 saturated heterocycles. The van der Waals surface area contributed by atoms with E-state index in [0.717, 1.165) is 41.6 Å². The predicted molar refractivity (Wildman–Crippen MR) is 87.9 cm³/mol. The number of aromatic nitrogens is 2. The van der Waals surface area contributed by atoms with Crippen molar-refractivity contribution in [1.29, 1.82) is 0 Å². The fourth-order valence-corrected chi connectivity index (χ4v) is 3.07. The van der Waals surface area contributed by atoms with Crippen molar-refractivity contribution in [2.75, 3.05) is 11.9 Å². The Kier molecular flexibility index (Phi) is 4.59. The number of hydrogen-bond donors (Lipinski definition) is 1. The minimum atomic E-state index is -0.169. The lowest BCUT2D eigenvalue weighted by atomic mass is 10.2. The van der Waals surface area contributed by atoms with Gasteiger partial charge in [0.1, 0.15) is 5.69 Å². The zero-order valence-corrected chi connectivity index (χ0v) is 14.0. The van der Waals surface area contributed by atoms with Crippen molar-refractivity contribution in [3.63, 3.8) is 0 Å². The molecule has 0 bridgehead atoms. The average Bonchev–Trinajstić information content (AvgIpc) is 3.00. The molecule has 22 heavy (non-hydrogen) atoms. The summed E-state index contributed by atoms with van der Waals surface area (Å²) >= 11 is 3.42. The number of anilines is 1. The number of halogens is 1. The van der Waals surface area contributed by atoms with Gasteiger partial charge in [0.25, 0.3) is 5.91 Å². The summed E-state index contributed by atoms with van der Waals surface area (Å²) in [6.45, 7) is 2.68. The van der Waals surface area contributed by atoms with Crippen molar-refractivity contribution >= 4 is 27.5 Å². The van der Waals surface area contributed by atoms with E-state index < -0.39 is 0 Å². The monoisotopic (exact) mass is 363 g/mol. The van der Waals surface area contributed by atoms with Gasteiger partial charge in [-0.2, -0.15) is 5.10 Å². The quantitative estimate of drug-likeness (QED) is 0.899. The van der Waals surface area contributed by atoms with Crippen LogP contribution < -0.4 is 5.32 Å². The normalized spacial score (nSPS) is 18.2. The van der Waals surface area contributed by atoms with Crippen LogP contribution in [0.25, 0.3) is 0 Å².